The minimum Gasteiger partial charge on any atom is -0.496 e. The van der Waals surface area contributed by atoms with E-state index >= 15 is 0 Å². The Morgan fingerprint density at radius 3 is 2.31 bits per heavy atom. The Hall–Kier alpha value is -4.54. The van der Waals surface area contributed by atoms with E-state index in [1.165, 1.54) is 0 Å². The number of aryl methyl sites for hydroxylation is 2. The SMILES string of the molecule is CCOc1c(C)cc(C2=NC[C@]3(C2)C[C@@H](C(=O)N[C@@H](CC2CC2)C(=O)C(=O)CC)N(C(=O)[C@@H](NC(=O)[C@@H]2C[C@H]2c2ccccc2OC)C(C)(C)C)C3)cc1C. The number of likely N-dealkylation sites (tertiary alicyclic amines) is 1. The van der Waals surface area contributed by atoms with Crippen molar-refractivity contribution in [3.63, 3.8) is 0 Å². The molecule has 2 heterocycles. The summed E-state index contributed by atoms with van der Waals surface area (Å²) in [7, 11) is 1.62. The van der Waals surface area contributed by atoms with Crippen LogP contribution in [0.15, 0.2) is 41.4 Å². The fraction of sp³-hybridized carbons (Fsp3) is 0.591. The molecule has 4 aliphatic rings. The Kier molecular flexibility index (Phi) is 11.6. The highest BCUT2D eigenvalue weighted by molar-refractivity contribution is 6.39. The van der Waals surface area contributed by atoms with Gasteiger partial charge in [-0.15, -0.1) is 0 Å². The van der Waals surface area contributed by atoms with Gasteiger partial charge in [-0.3, -0.25) is 29.0 Å². The molecule has 3 amide bonds. The van der Waals surface area contributed by atoms with Crippen LogP contribution < -0.4 is 20.1 Å². The highest BCUT2D eigenvalue weighted by Gasteiger charge is 2.54. The van der Waals surface area contributed by atoms with Gasteiger partial charge in [-0.1, -0.05) is 58.7 Å². The lowest BCUT2D eigenvalue weighted by Gasteiger charge is -2.36. The highest BCUT2D eigenvalue weighted by atomic mass is 16.5. The van der Waals surface area contributed by atoms with Gasteiger partial charge in [0.2, 0.25) is 23.5 Å². The summed E-state index contributed by atoms with van der Waals surface area (Å²) in [5, 5.41) is 6.05. The normalized spacial score (nSPS) is 24.2. The highest BCUT2D eigenvalue weighted by Crippen LogP contribution is 2.51. The number of carbonyl (C=O) groups is 5. The third kappa shape index (κ3) is 8.65. The first-order valence-electron chi connectivity index (χ1n) is 20.0. The molecule has 1 spiro atoms. The number of methoxy groups -OCH3 is 1. The van der Waals surface area contributed by atoms with Crippen LogP contribution in [0.5, 0.6) is 11.5 Å². The zero-order valence-electron chi connectivity index (χ0n) is 33.8. The summed E-state index contributed by atoms with van der Waals surface area (Å²) in [6.45, 7) is 14.6. The summed E-state index contributed by atoms with van der Waals surface area (Å²) in [6, 6.07) is 9.07. The predicted octanol–water partition coefficient (Wildman–Crippen LogP) is 5.66. The van der Waals surface area contributed by atoms with Crippen LogP contribution in [-0.4, -0.2) is 84.8 Å². The molecular formula is C44H58N4O7. The number of para-hydroxylation sites is 1. The Morgan fingerprint density at radius 1 is 1.00 bits per heavy atom. The van der Waals surface area contributed by atoms with Crippen molar-refractivity contribution in [2.75, 3.05) is 26.8 Å². The molecule has 3 fully saturated rings. The number of nitrogens with one attached hydrogen (secondary N) is 2. The Bertz CT molecular complexity index is 1850. The van der Waals surface area contributed by atoms with Crippen LogP contribution in [0, 0.1) is 36.5 Å². The topological polar surface area (TPSA) is 143 Å². The van der Waals surface area contributed by atoms with E-state index in [-0.39, 0.29) is 42.5 Å². The van der Waals surface area contributed by atoms with Gasteiger partial charge >= 0.3 is 0 Å². The lowest BCUT2D eigenvalue weighted by atomic mass is 9.81. The standard InChI is InChI=1S/C44H58N4O7/c1-9-35(49)37(50)32(19-27-15-16-27)46-41(52)34-22-44(21-33(45-23-44)28-17-25(3)38(55-10-2)26(4)18-28)24-48(34)42(53)39(43(5,6)7)47-40(51)31-20-30(31)29-13-11-12-14-36(29)54-8/h11-14,17-18,27,30-32,34,39H,9-10,15-16,19-24H2,1-8H3,(H,46,52)(H,47,51)/t30-,31+,32-,34-,39+,44-/m0/s1. The van der Waals surface area contributed by atoms with Crippen molar-refractivity contribution in [3.05, 3.63) is 58.7 Å². The third-order valence-electron chi connectivity index (χ3n) is 11.9. The number of ether oxygens (including phenoxy) is 2. The summed E-state index contributed by atoms with van der Waals surface area (Å²) < 4.78 is 11.4. The molecule has 0 radical (unpaired) electrons. The van der Waals surface area contributed by atoms with Crippen LogP contribution >= 0.6 is 0 Å². The molecule has 0 bridgehead atoms. The lowest BCUT2D eigenvalue weighted by molar-refractivity contribution is -0.145. The van der Waals surface area contributed by atoms with Crippen LogP contribution in [0.2, 0.25) is 0 Å². The molecule has 0 unspecified atom stereocenters. The first-order valence-corrected chi connectivity index (χ1v) is 20.0. The van der Waals surface area contributed by atoms with Crippen molar-refractivity contribution < 1.29 is 33.4 Å². The molecule has 2 aliphatic carbocycles. The Labute approximate surface area is 325 Å². The van der Waals surface area contributed by atoms with Crippen LogP contribution in [0.1, 0.15) is 108 Å². The number of amides is 3. The minimum absolute atomic E-state index is 0.0174. The summed E-state index contributed by atoms with van der Waals surface area (Å²) in [5.74, 6) is -0.563. The molecular weight excluding hydrogens is 697 g/mol. The van der Waals surface area contributed by atoms with E-state index in [1.807, 2.05) is 65.8 Å². The van der Waals surface area contributed by atoms with E-state index in [2.05, 4.69) is 22.8 Å². The second-order valence-electron chi connectivity index (χ2n) is 17.4. The van der Waals surface area contributed by atoms with Gasteiger partial charge in [0.1, 0.15) is 23.6 Å². The van der Waals surface area contributed by atoms with E-state index in [1.54, 1.807) is 18.9 Å². The van der Waals surface area contributed by atoms with Gasteiger partial charge in [-0.2, -0.15) is 0 Å². The maximum Gasteiger partial charge on any atom is 0.246 e. The first kappa shape index (κ1) is 40.1. The number of carbonyl (C=O) groups excluding carboxylic acids is 5. The molecule has 296 valence electrons. The Morgan fingerprint density at radius 2 is 1.69 bits per heavy atom. The minimum atomic E-state index is -0.939. The van der Waals surface area contributed by atoms with E-state index in [0.717, 1.165) is 52.3 Å². The van der Waals surface area contributed by atoms with Gasteiger partial charge in [0.05, 0.1) is 19.8 Å². The fourth-order valence-electron chi connectivity index (χ4n) is 8.60. The molecule has 6 rings (SSSR count). The van der Waals surface area contributed by atoms with Crippen molar-refractivity contribution in [3.8, 4) is 11.5 Å². The zero-order chi connectivity index (χ0) is 39.8. The molecule has 11 heteroatoms. The van der Waals surface area contributed by atoms with Crippen molar-refractivity contribution >= 4 is 35.0 Å². The number of hydrogen-bond acceptors (Lipinski definition) is 8. The second-order valence-corrected chi connectivity index (χ2v) is 17.4. The monoisotopic (exact) mass is 754 g/mol. The van der Waals surface area contributed by atoms with Crippen molar-refractivity contribution in [2.24, 2.45) is 27.7 Å². The van der Waals surface area contributed by atoms with E-state index in [4.69, 9.17) is 14.5 Å². The van der Waals surface area contributed by atoms with Gasteiger partial charge in [0.25, 0.3) is 0 Å². The molecule has 11 nitrogen and oxygen atoms in total. The van der Waals surface area contributed by atoms with Crippen molar-refractivity contribution in [2.45, 2.75) is 117 Å². The number of Topliss-reactive ketones (excluding diaryl/α,β-unsaturated/α-hetero) is 2. The average Bonchev–Trinajstić information content (AvgIpc) is 4.08. The van der Waals surface area contributed by atoms with Crippen molar-refractivity contribution in [1.29, 1.82) is 0 Å². The van der Waals surface area contributed by atoms with Gasteiger partial charge in [-0.25, -0.2) is 0 Å². The third-order valence-corrected chi connectivity index (χ3v) is 11.9. The molecule has 2 aliphatic heterocycles. The largest absolute Gasteiger partial charge is 0.496 e. The summed E-state index contributed by atoms with van der Waals surface area (Å²) in [4.78, 5) is 75.7. The molecule has 2 aromatic carbocycles. The predicted molar refractivity (Wildman–Crippen MR) is 210 cm³/mol. The number of rotatable bonds is 15. The number of hydrogen-bond donors (Lipinski definition) is 2. The van der Waals surface area contributed by atoms with E-state index < -0.39 is 46.4 Å². The molecule has 55 heavy (non-hydrogen) atoms. The van der Waals surface area contributed by atoms with Crippen LogP contribution in [0.3, 0.4) is 0 Å². The van der Waals surface area contributed by atoms with Crippen LogP contribution in [0.25, 0.3) is 0 Å². The Balaban J connectivity index is 1.27. The van der Waals surface area contributed by atoms with Gasteiger partial charge < -0.3 is 25.0 Å². The lowest BCUT2D eigenvalue weighted by Crippen LogP contribution is -2.59. The summed E-state index contributed by atoms with van der Waals surface area (Å²) in [5.41, 5.74) is 3.68. The molecule has 1 saturated heterocycles. The summed E-state index contributed by atoms with van der Waals surface area (Å²) in [6.07, 6.45) is 3.90. The molecule has 6 atom stereocenters. The van der Waals surface area contributed by atoms with E-state index in [9.17, 15) is 24.0 Å². The smallest absolute Gasteiger partial charge is 0.246 e. The van der Waals surface area contributed by atoms with Gasteiger partial charge in [-0.05, 0) is 104 Å². The fourth-order valence-corrected chi connectivity index (χ4v) is 8.60. The number of benzene rings is 2. The summed E-state index contributed by atoms with van der Waals surface area (Å²) >= 11 is 0. The number of nitrogens with zero attached hydrogens (tertiary/aromatic N) is 2. The maximum absolute atomic E-state index is 14.9. The van der Waals surface area contributed by atoms with E-state index in [0.29, 0.717) is 38.8 Å². The first-order chi connectivity index (χ1) is 26.1. The van der Waals surface area contributed by atoms with Crippen molar-refractivity contribution in [1.82, 2.24) is 15.5 Å². The number of ketones is 2. The second kappa shape index (κ2) is 15.9. The molecule has 2 N–H and O–H groups in total. The average molecular weight is 755 g/mol. The molecule has 0 aromatic heterocycles. The molecule has 2 saturated carbocycles. The van der Waals surface area contributed by atoms with Gasteiger partial charge in [0, 0.05) is 36.6 Å². The van der Waals surface area contributed by atoms with Crippen LogP contribution in [-0.2, 0) is 24.0 Å². The number of aliphatic imine (C=N–C) groups is 1. The molecule has 2 aromatic rings. The van der Waals surface area contributed by atoms with Gasteiger partial charge in [0.15, 0.2) is 5.78 Å². The van der Waals surface area contributed by atoms with Crippen LogP contribution in [0.4, 0.5) is 0 Å². The maximum atomic E-state index is 14.9. The quantitative estimate of drug-likeness (QED) is 0.224. The zero-order valence-corrected chi connectivity index (χ0v) is 33.8.